The molecule has 0 saturated heterocycles. The molecule has 1 aliphatic rings. The van der Waals surface area contributed by atoms with Crippen LogP contribution in [-0.4, -0.2) is 60.0 Å². The third-order valence-corrected chi connectivity index (χ3v) is 8.62. The normalized spacial score (nSPS) is 16.6. The monoisotopic (exact) mass is 613 g/mol. The standard InChI is InChI=1S/C31H30F3N3O5S/c1-21(2)28-30(40)36(20-27(38)35-25(29(39)31(32,33)34)18-22-12-6-3-7-13-22)26(23-14-8-4-9-15-23)19-37(28)43(41,42)24-16-10-5-11-17-24/h3-17,19,21,25,28H,18,20H2,1-2H3,(H,35,38). The van der Waals surface area contributed by atoms with Crippen LogP contribution in [0.4, 0.5) is 13.2 Å². The van der Waals surface area contributed by atoms with Crippen LogP contribution in [0.15, 0.2) is 102 Å². The molecule has 3 aromatic carbocycles. The Hall–Kier alpha value is -4.45. The van der Waals surface area contributed by atoms with Crippen LogP contribution in [-0.2, 0) is 30.8 Å². The van der Waals surface area contributed by atoms with Gasteiger partial charge in [-0.25, -0.2) is 8.42 Å². The molecule has 1 heterocycles. The van der Waals surface area contributed by atoms with E-state index in [0.29, 0.717) is 11.1 Å². The number of alkyl halides is 3. The van der Waals surface area contributed by atoms with Gasteiger partial charge in [0.25, 0.3) is 21.7 Å². The molecule has 12 heteroatoms. The quantitative estimate of drug-likeness (QED) is 0.365. The summed E-state index contributed by atoms with van der Waals surface area (Å²) in [6.07, 6.45) is -4.37. The molecule has 1 N–H and O–H groups in total. The number of rotatable bonds is 10. The molecule has 43 heavy (non-hydrogen) atoms. The van der Waals surface area contributed by atoms with Crippen LogP contribution in [0.5, 0.6) is 0 Å². The lowest BCUT2D eigenvalue weighted by Gasteiger charge is -2.41. The largest absolute Gasteiger partial charge is 0.452 e. The molecule has 0 fully saturated rings. The summed E-state index contributed by atoms with van der Waals surface area (Å²) in [5.74, 6) is -4.44. The molecule has 0 aliphatic carbocycles. The van der Waals surface area contributed by atoms with Gasteiger partial charge in [0.1, 0.15) is 18.6 Å². The highest BCUT2D eigenvalue weighted by Crippen LogP contribution is 2.33. The maximum Gasteiger partial charge on any atom is 0.452 e. The molecule has 3 aromatic rings. The number of benzene rings is 3. The molecule has 0 saturated carbocycles. The Morgan fingerprint density at radius 1 is 0.884 bits per heavy atom. The molecule has 0 aromatic heterocycles. The van der Waals surface area contributed by atoms with Crippen molar-refractivity contribution in [1.82, 2.24) is 14.5 Å². The number of hydrogen-bond donors (Lipinski definition) is 1. The van der Waals surface area contributed by atoms with Crippen molar-refractivity contribution in [2.75, 3.05) is 6.54 Å². The summed E-state index contributed by atoms with van der Waals surface area (Å²) in [5.41, 5.74) is 0.844. The van der Waals surface area contributed by atoms with Gasteiger partial charge in [0.2, 0.25) is 5.91 Å². The number of halogens is 3. The fourth-order valence-corrected chi connectivity index (χ4v) is 6.43. The lowest BCUT2D eigenvalue weighted by molar-refractivity contribution is -0.173. The molecule has 8 nitrogen and oxygen atoms in total. The molecule has 2 amide bonds. The second-order valence-electron chi connectivity index (χ2n) is 10.3. The van der Waals surface area contributed by atoms with E-state index in [1.54, 1.807) is 80.6 Å². The third-order valence-electron chi connectivity index (χ3n) is 6.87. The van der Waals surface area contributed by atoms with Crippen LogP contribution in [0.3, 0.4) is 0 Å². The predicted octanol–water partition coefficient (Wildman–Crippen LogP) is 4.40. The van der Waals surface area contributed by atoms with Gasteiger partial charge in [-0.2, -0.15) is 13.2 Å². The molecular weight excluding hydrogens is 583 g/mol. The van der Waals surface area contributed by atoms with E-state index in [-0.39, 0.29) is 10.6 Å². The Balaban J connectivity index is 1.72. The zero-order valence-electron chi connectivity index (χ0n) is 23.4. The second kappa shape index (κ2) is 12.8. The van der Waals surface area contributed by atoms with Crippen molar-refractivity contribution >= 4 is 33.3 Å². The Bertz CT molecular complexity index is 1600. The molecular formula is C31H30F3N3O5S. The van der Waals surface area contributed by atoms with Crippen LogP contribution in [0.1, 0.15) is 25.0 Å². The first-order valence-electron chi connectivity index (χ1n) is 13.4. The molecule has 0 bridgehead atoms. The lowest BCUT2D eigenvalue weighted by Crippen LogP contribution is -2.57. The fourth-order valence-electron chi connectivity index (χ4n) is 4.81. The first kappa shape index (κ1) is 31.5. The maximum atomic E-state index is 14.0. The van der Waals surface area contributed by atoms with Crippen LogP contribution in [0.2, 0.25) is 0 Å². The predicted molar refractivity (Wildman–Crippen MR) is 153 cm³/mol. The van der Waals surface area contributed by atoms with Crippen LogP contribution < -0.4 is 5.32 Å². The molecule has 4 rings (SSSR count). The summed E-state index contributed by atoms with van der Waals surface area (Å²) in [6, 6.07) is 20.5. The summed E-state index contributed by atoms with van der Waals surface area (Å²) >= 11 is 0. The first-order chi connectivity index (χ1) is 20.3. The van der Waals surface area contributed by atoms with E-state index < -0.39 is 64.8 Å². The average molecular weight is 614 g/mol. The topological polar surface area (TPSA) is 104 Å². The maximum absolute atomic E-state index is 14.0. The molecule has 226 valence electrons. The van der Waals surface area contributed by atoms with Crippen molar-refractivity contribution < 1.29 is 36.0 Å². The highest BCUT2D eigenvalue weighted by molar-refractivity contribution is 7.89. The van der Waals surface area contributed by atoms with Gasteiger partial charge in [-0.1, -0.05) is 92.7 Å². The Labute approximate surface area is 247 Å². The molecule has 2 atom stereocenters. The smallest absolute Gasteiger partial charge is 0.344 e. The summed E-state index contributed by atoms with van der Waals surface area (Å²) in [6.45, 7) is 2.54. The summed E-state index contributed by atoms with van der Waals surface area (Å²) in [5, 5.41) is 2.16. The van der Waals surface area contributed by atoms with E-state index >= 15 is 0 Å². The van der Waals surface area contributed by atoms with Crippen molar-refractivity contribution in [3.63, 3.8) is 0 Å². The first-order valence-corrected chi connectivity index (χ1v) is 14.9. The van der Waals surface area contributed by atoms with Gasteiger partial charge in [-0.3, -0.25) is 23.6 Å². The number of nitrogens with zero attached hydrogens (tertiary/aromatic N) is 2. The molecule has 1 aliphatic heterocycles. The number of carbonyl (C=O) groups is 3. The SMILES string of the molecule is CC(C)C1C(=O)N(CC(=O)NC(Cc2ccccc2)C(=O)C(F)(F)F)C(c2ccccc2)=CN1S(=O)(=O)c1ccccc1. The van der Waals surface area contributed by atoms with E-state index in [9.17, 15) is 36.0 Å². The third kappa shape index (κ3) is 7.14. The zero-order chi connectivity index (χ0) is 31.4. The van der Waals surface area contributed by atoms with E-state index in [4.69, 9.17) is 0 Å². The van der Waals surface area contributed by atoms with Gasteiger partial charge in [0.15, 0.2) is 0 Å². The van der Waals surface area contributed by atoms with Crippen molar-refractivity contribution in [3.05, 3.63) is 108 Å². The highest BCUT2D eigenvalue weighted by atomic mass is 32.2. The van der Waals surface area contributed by atoms with Gasteiger partial charge >= 0.3 is 6.18 Å². The van der Waals surface area contributed by atoms with E-state index in [0.717, 1.165) is 9.21 Å². The van der Waals surface area contributed by atoms with Crippen molar-refractivity contribution in [1.29, 1.82) is 0 Å². The lowest BCUT2D eigenvalue weighted by atomic mass is 9.99. The minimum absolute atomic E-state index is 0.0438. The van der Waals surface area contributed by atoms with E-state index in [1.807, 2.05) is 0 Å². The highest BCUT2D eigenvalue weighted by Gasteiger charge is 2.46. The minimum atomic E-state index is -5.21. The molecule has 0 radical (unpaired) electrons. The fraction of sp³-hybridized carbons (Fsp3) is 0.258. The Morgan fingerprint density at radius 2 is 1.42 bits per heavy atom. The van der Waals surface area contributed by atoms with Gasteiger partial charge in [0, 0.05) is 12.6 Å². The number of sulfonamides is 1. The summed E-state index contributed by atoms with van der Waals surface area (Å²) in [4.78, 5) is 40.5. The van der Waals surface area contributed by atoms with Crippen molar-refractivity contribution in [3.8, 4) is 0 Å². The second-order valence-corrected chi connectivity index (χ2v) is 12.2. The van der Waals surface area contributed by atoms with Gasteiger partial charge in [-0.15, -0.1) is 0 Å². The summed E-state index contributed by atoms with van der Waals surface area (Å²) in [7, 11) is -4.22. The average Bonchev–Trinajstić information content (AvgIpc) is 2.98. The number of ketones is 1. The number of hydrogen-bond acceptors (Lipinski definition) is 5. The zero-order valence-corrected chi connectivity index (χ0v) is 24.2. The number of amides is 2. The van der Waals surface area contributed by atoms with Crippen LogP contribution in [0.25, 0.3) is 5.70 Å². The molecule has 0 spiro atoms. The minimum Gasteiger partial charge on any atom is -0.344 e. The van der Waals surface area contributed by atoms with Crippen LogP contribution in [0, 0.1) is 5.92 Å². The van der Waals surface area contributed by atoms with E-state index in [2.05, 4.69) is 5.32 Å². The van der Waals surface area contributed by atoms with Gasteiger partial charge in [-0.05, 0) is 29.2 Å². The van der Waals surface area contributed by atoms with Crippen molar-refractivity contribution in [2.24, 2.45) is 5.92 Å². The molecule has 2 unspecified atom stereocenters. The van der Waals surface area contributed by atoms with Gasteiger partial charge in [0.05, 0.1) is 10.6 Å². The number of Topliss-reactive ketones (excluding diaryl/α,β-unsaturated/α-hetero) is 1. The van der Waals surface area contributed by atoms with Gasteiger partial charge < -0.3 is 5.32 Å². The number of carbonyl (C=O) groups excluding carboxylic acids is 3. The van der Waals surface area contributed by atoms with E-state index in [1.165, 1.54) is 30.5 Å². The Morgan fingerprint density at radius 3 is 1.95 bits per heavy atom. The number of nitrogens with one attached hydrogen (secondary N) is 1. The summed E-state index contributed by atoms with van der Waals surface area (Å²) < 4.78 is 68.8. The van der Waals surface area contributed by atoms with Crippen molar-refractivity contribution in [2.45, 2.75) is 43.4 Å². The Kier molecular flexibility index (Phi) is 9.39. The van der Waals surface area contributed by atoms with Crippen LogP contribution >= 0.6 is 0 Å².